The van der Waals surface area contributed by atoms with Crippen molar-refractivity contribution in [2.75, 3.05) is 10.6 Å². The fourth-order valence-corrected chi connectivity index (χ4v) is 7.44. The molecule has 2 bridgehead atoms. The van der Waals surface area contributed by atoms with Crippen molar-refractivity contribution in [3.05, 3.63) is 113 Å². The second kappa shape index (κ2) is 13.0. The van der Waals surface area contributed by atoms with E-state index in [0.29, 0.717) is 28.8 Å². The highest BCUT2D eigenvalue weighted by atomic mass is 16.5. The maximum atomic E-state index is 14.0. The second-order valence-corrected chi connectivity index (χ2v) is 14.7. The summed E-state index contributed by atoms with van der Waals surface area (Å²) in [7, 11) is 0. The Morgan fingerprint density at radius 3 is 2.29 bits per heavy atom. The second-order valence-electron chi connectivity index (χ2n) is 14.7. The van der Waals surface area contributed by atoms with Gasteiger partial charge in [-0.25, -0.2) is 9.48 Å². The Morgan fingerprint density at radius 2 is 1.59 bits per heavy atom. The van der Waals surface area contributed by atoms with Crippen LogP contribution in [0.1, 0.15) is 79.4 Å². The zero-order valence-corrected chi connectivity index (χ0v) is 28.9. The fraction of sp³-hybridized carbons (Fsp3) is 0.350. The van der Waals surface area contributed by atoms with Crippen LogP contribution in [-0.2, 0) is 11.8 Å². The van der Waals surface area contributed by atoms with Gasteiger partial charge in [-0.05, 0) is 81.7 Å². The van der Waals surface area contributed by atoms with E-state index in [1.165, 1.54) is 5.56 Å². The molecule has 7 rings (SSSR count). The molecule has 2 saturated heterocycles. The molecule has 2 aromatic heterocycles. The molecule has 49 heavy (non-hydrogen) atoms. The quantitative estimate of drug-likeness (QED) is 0.182. The summed E-state index contributed by atoms with van der Waals surface area (Å²) in [6, 6.07) is 28.0. The van der Waals surface area contributed by atoms with Gasteiger partial charge in [0.2, 0.25) is 0 Å². The first-order chi connectivity index (χ1) is 23.5. The summed E-state index contributed by atoms with van der Waals surface area (Å²) in [5.41, 5.74) is 6.74. The Kier molecular flexibility index (Phi) is 8.61. The van der Waals surface area contributed by atoms with Crippen molar-refractivity contribution in [2.45, 2.75) is 84.2 Å². The number of piperidine rings is 1. The summed E-state index contributed by atoms with van der Waals surface area (Å²) in [6.45, 7) is 10.2. The largest absolute Gasteiger partial charge is 0.360 e. The van der Waals surface area contributed by atoms with Crippen LogP contribution in [0.2, 0.25) is 0 Å². The van der Waals surface area contributed by atoms with Gasteiger partial charge >= 0.3 is 6.03 Å². The third-order valence-electron chi connectivity index (χ3n) is 9.90. The minimum Gasteiger partial charge on any atom is -0.360 e. The molecule has 3 amide bonds. The summed E-state index contributed by atoms with van der Waals surface area (Å²) in [4.78, 5) is 29.4. The van der Waals surface area contributed by atoms with E-state index in [-0.39, 0.29) is 29.4 Å². The van der Waals surface area contributed by atoms with Gasteiger partial charge in [-0.3, -0.25) is 10.1 Å². The van der Waals surface area contributed by atoms with Crippen LogP contribution in [0.4, 0.5) is 16.3 Å². The number of nitrogens with zero attached hydrogens (tertiary/aromatic N) is 4. The van der Waals surface area contributed by atoms with Crippen molar-refractivity contribution in [3.8, 4) is 16.9 Å². The molecule has 0 spiro atoms. The van der Waals surface area contributed by atoms with Crippen LogP contribution in [0, 0.1) is 19.8 Å². The SMILES string of the molecule is Cc1ccc(-n2nc(C(C)(C)C)cc2NC(=O)Nc2cccc(CC3CC4CCC(C3)N4C(=O)c3c(-c4ccccc4)noc3C)c2)cc1. The van der Waals surface area contributed by atoms with Crippen LogP contribution in [0.5, 0.6) is 0 Å². The summed E-state index contributed by atoms with van der Waals surface area (Å²) in [5.74, 6) is 1.64. The number of benzene rings is 3. The molecule has 2 aliphatic heterocycles. The lowest BCUT2D eigenvalue weighted by atomic mass is 9.85. The predicted octanol–water partition coefficient (Wildman–Crippen LogP) is 8.71. The lowest BCUT2D eigenvalue weighted by Gasteiger charge is -2.39. The predicted molar refractivity (Wildman–Crippen MR) is 192 cm³/mol. The van der Waals surface area contributed by atoms with Gasteiger partial charge in [-0.1, -0.05) is 86.1 Å². The highest BCUT2D eigenvalue weighted by Crippen LogP contribution is 2.42. The number of hydrogen-bond donors (Lipinski definition) is 2. The molecule has 4 heterocycles. The minimum absolute atomic E-state index is 0.0269. The van der Waals surface area contributed by atoms with Gasteiger partial charge in [-0.2, -0.15) is 5.10 Å². The topological polar surface area (TPSA) is 105 Å². The first-order valence-electron chi connectivity index (χ1n) is 17.2. The lowest BCUT2D eigenvalue weighted by molar-refractivity contribution is 0.0523. The average Bonchev–Trinajstić information content (AvgIpc) is 3.75. The number of hydrogen-bond acceptors (Lipinski definition) is 5. The van der Waals surface area contributed by atoms with Gasteiger partial charge in [0.05, 0.1) is 11.4 Å². The number of amides is 3. The molecule has 5 aromatic rings. The van der Waals surface area contributed by atoms with Crippen LogP contribution in [-0.4, -0.2) is 43.9 Å². The molecule has 0 aliphatic carbocycles. The van der Waals surface area contributed by atoms with E-state index in [1.807, 2.05) is 86.6 Å². The summed E-state index contributed by atoms with van der Waals surface area (Å²) in [5, 5.41) is 15.2. The average molecular weight is 657 g/mol. The Hall–Kier alpha value is -5.18. The molecule has 2 N–H and O–H groups in total. The van der Waals surface area contributed by atoms with Gasteiger partial charge in [0.25, 0.3) is 5.91 Å². The molecule has 0 radical (unpaired) electrons. The van der Waals surface area contributed by atoms with Crippen LogP contribution in [0.25, 0.3) is 16.9 Å². The van der Waals surface area contributed by atoms with Crippen molar-refractivity contribution in [2.24, 2.45) is 5.92 Å². The number of carbonyl (C=O) groups excluding carboxylic acids is 2. The fourth-order valence-electron chi connectivity index (χ4n) is 7.44. The van der Waals surface area contributed by atoms with Crippen molar-refractivity contribution in [1.82, 2.24) is 19.8 Å². The molecule has 2 fully saturated rings. The van der Waals surface area contributed by atoms with Crippen molar-refractivity contribution in [1.29, 1.82) is 0 Å². The molecular weight excluding hydrogens is 612 g/mol. The number of fused-ring (bicyclic) bond motifs is 2. The van der Waals surface area contributed by atoms with Gasteiger partial charge in [0.1, 0.15) is 22.8 Å². The lowest BCUT2D eigenvalue weighted by Crippen LogP contribution is -2.47. The number of nitrogens with one attached hydrogen (secondary N) is 2. The molecule has 2 atom stereocenters. The number of urea groups is 1. The number of rotatable bonds is 7. The normalized spacial score (nSPS) is 18.8. The standard InChI is InChI=1S/C40H44N6O3/c1-25-14-16-31(17-15-25)46-35(24-34(43-46)40(3,4)5)42-39(48)41-30-13-9-10-27(21-30)20-28-22-32-18-19-33(23-28)45(32)38(47)36-26(2)49-44-37(36)29-11-7-6-8-12-29/h6-17,21,24,28,32-33H,18-20,22-23H2,1-5H3,(H2,41,42,48). The van der Waals surface area contributed by atoms with Gasteiger partial charge in [0, 0.05) is 34.8 Å². The number of anilines is 2. The summed E-state index contributed by atoms with van der Waals surface area (Å²) >= 11 is 0. The molecule has 0 saturated carbocycles. The number of aryl methyl sites for hydroxylation is 2. The first kappa shape index (κ1) is 32.4. The smallest absolute Gasteiger partial charge is 0.324 e. The van der Waals surface area contributed by atoms with E-state index in [1.54, 1.807) is 4.68 Å². The van der Waals surface area contributed by atoms with E-state index in [9.17, 15) is 9.59 Å². The van der Waals surface area contributed by atoms with Crippen LogP contribution in [0.15, 0.2) is 89.5 Å². The maximum Gasteiger partial charge on any atom is 0.324 e. The first-order valence-corrected chi connectivity index (χ1v) is 17.2. The Labute approximate surface area is 287 Å². The third-order valence-corrected chi connectivity index (χ3v) is 9.90. The van der Waals surface area contributed by atoms with Gasteiger partial charge < -0.3 is 14.7 Å². The summed E-state index contributed by atoms with van der Waals surface area (Å²) < 4.78 is 7.32. The zero-order valence-electron chi connectivity index (χ0n) is 28.9. The van der Waals surface area contributed by atoms with E-state index < -0.39 is 0 Å². The summed E-state index contributed by atoms with van der Waals surface area (Å²) in [6.07, 6.45) is 4.81. The van der Waals surface area contributed by atoms with Crippen molar-refractivity contribution < 1.29 is 14.1 Å². The molecular formula is C40H44N6O3. The van der Waals surface area contributed by atoms with Crippen LogP contribution in [0.3, 0.4) is 0 Å². The van der Waals surface area contributed by atoms with E-state index in [4.69, 9.17) is 9.62 Å². The van der Waals surface area contributed by atoms with E-state index in [0.717, 1.165) is 60.3 Å². The Morgan fingerprint density at radius 1 is 0.878 bits per heavy atom. The third kappa shape index (κ3) is 6.75. The monoisotopic (exact) mass is 656 g/mol. The Balaban J connectivity index is 1.01. The Bertz CT molecular complexity index is 1960. The molecule has 252 valence electrons. The molecule has 9 nitrogen and oxygen atoms in total. The number of carbonyl (C=O) groups is 2. The number of aromatic nitrogens is 3. The van der Waals surface area contributed by atoms with Crippen molar-refractivity contribution >= 4 is 23.4 Å². The highest BCUT2D eigenvalue weighted by Gasteiger charge is 2.44. The molecule has 2 aliphatic rings. The van der Waals surface area contributed by atoms with Gasteiger partial charge in [0.15, 0.2) is 0 Å². The van der Waals surface area contributed by atoms with E-state index >= 15 is 0 Å². The van der Waals surface area contributed by atoms with Crippen LogP contribution < -0.4 is 10.6 Å². The maximum absolute atomic E-state index is 14.0. The highest BCUT2D eigenvalue weighted by molar-refractivity contribution is 6.01. The molecule has 2 unspecified atom stereocenters. The molecule has 9 heteroatoms. The minimum atomic E-state index is -0.324. The van der Waals surface area contributed by atoms with Gasteiger partial charge in [-0.15, -0.1) is 0 Å². The van der Waals surface area contributed by atoms with Crippen molar-refractivity contribution in [3.63, 3.8) is 0 Å². The zero-order chi connectivity index (χ0) is 34.3. The molecule has 3 aromatic carbocycles. The van der Waals surface area contributed by atoms with Crippen LogP contribution >= 0.6 is 0 Å². The van der Waals surface area contributed by atoms with E-state index in [2.05, 4.69) is 53.6 Å².